The van der Waals surface area contributed by atoms with Crippen molar-refractivity contribution >= 4 is 40.7 Å². The molecule has 134 valence electrons. The van der Waals surface area contributed by atoms with Crippen molar-refractivity contribution in [1.82, 2.24) is 0 Å². The third-order valence-electron chi connectivity index (χ3n) is 3.63. The molecule has 0 spiro atoms. The van der Waals surface area contributed by atoms with Gasteiger partial charge >= 0.3 is 0 Å². The largest absolute Gasteiger partial charge is 0.503 e. The molecule has 3 rings (SSSR count). The lowest BCUT2D eigenvalue weighted by molar-refractivity contribution is 0.409. The summed E-state index contributed by atoms with van der Waals surface area (Å²) in [5.74, 6) is -3.10. The molecule has 0 heterocycles. The van der Waals surface area contributed by atoms with Gasteiger partial charge in [-0.3, -0.25) is 0 Å². The molecular weight excluding hydrogens is 399 g/mol. The maximum atomic E-state index is 13.5. The van der Waals surface area contributed by atoms with E-state index in [2.05, 4.69) is 5.32 Å². The number of anilines is 1. The van der Waals surface area contributed by atoms with Crippen molar-refractivity contribution in [2.24, 2.45) is 0 Å². The first kappa shape index (κ1) is 18.8. The van der Waals surface area contributed by atoms with Gasteiger partial charge in [0.1, 0.15) is 0 Å². The summed E-state index contributed by atoms with van der Waals surface area (Å²) >= 11 is 13.5. The van der Waals surface area contributed by atoms with Crippen molar-refractivity contribution in [3.8, 4) is 5.75 Å². The molecule has 2 nitrogen and oxygen atoms in total. The van der Waals surface area contributed by atoms with Gasteiger partial charge in [-0.2, -0.15) is 4.39 Å². The second-order valence-electron chi connectivity index (χ2n) is 5.40. The maximum Gasteiger partial charge on any atom is 0.202 e. The van der Waals surface area contributed by atoms with E-state index in [1.54, 1.807) is 12.1 Å². The fourth-order valence-electron chi connectivity index (χ4n) is 2.29. The molecular formula is C19H13Cl2F2NOS. The molecule has 0 radical (unpaired) electrons. The fraction of sp³-hybridized carbons (Fsp3) is 0.0526. The highest BCUT2D eigenvalue weighted by Gasteiger charge is 2.13. The topological polar surface area (TPSA) is 32.3 Å². The van der Waals surface area contributed by atoms with Crippen LogP contribution in [0.5, 0.6) is 5.75 Å². The fourth-order valence-corrected chi connectivity index (χ4v) is 3.64. The molecule has 2 N–H and O–H groups in total. The quantitative estimate of drug-likeness (QED) is 0.455. The monoisotopic (exact) mass is 411 g/mol. The minimum Gasteiger partial charge on any atom is -0.503 e. The second-order valence-corrected chi connectivity index (χ2v) is 7.33. The number of phenolic OH excluding ortho intramolecular Hbond substituents is 1. The minimum absolute atomic E-state index is 0.123. The van der Waals surface area contributed by atoms with Crippen molar-refractivity contribution in [2.75, 3.05) is 5.32 Å². The van der Waals surface area contributed by atoms with Gasteiger partial charge in [0.25, 0.3) is 0 Å². The van der Waals surface area contributed by atoms with Crippen LogP contribution in [0.25, 0.3) is 0 Å². The van der Waals surface area contributed by atoms with Crippen LogP contribution in [-0.2, 0) is 6.54 Å². The average molecular weight is 412 g/mol. The summed E-state index contributed by atoms with van der Waals surface area (Å²) in [7, 11) is 0. The summed E-state index contributed by atoms with van der Waals surface area (Å²) in [6.07, 6.45) is 0. The Morgan fingerprint density at radius 3 is 2.50 bits per heavy atom. The van der Waals surface area contributed by atoms with E-state index in [0.29, 0.717) is 16.6 Å². The summed E-state index contributed by atoms with van der Waals surface area (Å²) in [6.45, 7) is 0.323. The van der Waals surface area contributed by atoms with Gasteiger partial charge in [-0.15, -0.1) is 0 Å². The van der Waals surface area contributed by atoms with Crippen LogP contribution in [0.15, 0.2) is 64.4 Å². The summed E-state index contributed by atoms with van der Waals surface area (Å²) in [4.78, 5) is 1.88. The number of rotatable bonds is 5. The van der Waals surface area contributed by atoms with E-state index in [-0.39, 0.29) is 5.69 Å². The molecule has 0 amide bonds. The smallest absolute Gasteiger partial charge is 0.202 e. The van der Waals surface area contributed by atoms with E-state index in [9.17, 15) is 13.9 Å². The van der Waals surface area contributed by atoms with Gasteiger partial charge < -0.3 is 10.4 Å². The molecule has 0 fully saturated rings. The molecule has 3 aromatic carbocycles. The minimum atomic E-state index is -1.27. The Kier molecular flexibility index (Phi) is 5.91. The molecule has 0 unspecified atom stereocenters. The Labute approximate surface area is 163 Å². The van der Waals surface area contributed by atoms with Crippen molar-refractivity contribution in [3.05, 3.63) is 81.8 Å². The van der Waals surface area contributed by atoms with Gasteiger partial charge in [0.05, 0.1) is 15.7 Å². The molecule has 3 aromatic rings. The third-order valence-corrected chi connectivity index (χ3v) is 5.48. The van der Waals surface area contributed by atoms with Crippen molar-refractivity contribution in [3.63, 3.8) is 0 Å². The van der Waals surface area contributed by atoms with Crippen molar-refractivity contribution in [1.29, 1.82) is 0 Å². The highest BCUT2D eigenvalue weighted by atomic mass is 35.5. The zero-order valence-corrected chi connectivity index (χ0v) is 15.6. The Morgan fingerprint density at radius 1 is 0.962 bits per heavy atom. The molecule has 0 aliphatic carbocycles. The molecule has 0 atom stereocenters. The Bertz CT molecular complexity index is 953. The third kappa shape index (κ3) is 4.23. The predicted octanol–water partition coefficient (Wildman–Crippen LogP) is 6.74. The number of aromatic hydroxyl groups is 1. The lowest BCUT2D eigenvalue weighted by atomic mass is 10.2. The molecule has 7 heteroatoms. The van der Waals surface area contributed by atoms with E-state index >= 15 is 0 Å². The summed E-state index contributed by atoms with van der Waals surface area (Å²) in [5, 5.41) is 13.6. The SMILES string of the molecule is Oc1c(NCc2ccccc2Sc2ccc(Cl)c(Cl)c2)ccc(F)c1F. The van der Waals surface area contributed by atoms with Crippen molar-refractivity contribution in [2.45, 2.75) is 16.3 Å². The van der Waals surface area contributed by atoms with E-state index in [4.69, 9.17) is 23.2 Å². The molecule has 0 saturated heterocycles. The van der Waals surface area contributed by atoms with Crippen LogP contribution in [-0.4, -0.2) is 5.11 Å². The van der Waals surface area contributed by atoms with Crippen LogP contribution in [0.2, 0.25) is 10.0 Å². The van der Waals surface area contributed by atoms with E-state index in [1.165, 1.54) is 17.8 Å². The van der Waals surface area contributed by atoms with Crippen LogP contribution in [0.1, 0.15) is 5.56 Å². The van der Waals surface area contributed by atoms with Crippen LogP contribution >= 0.6 is 35.0 Å². The first-order valence-electron chi connectivity index (χ1n) is 7.57. The molecule has 26 heavy (non-hydrogen) atoms. The first-order chi connectivity index (χ1) is 12.5. The Morgan fingerprint density at radius 2 is 1.73 bits per heavy atom. The van der Waals surface area contributed by atoms with Gasteiger partial charge in [-0.1, -0.05) is 53.2 Å². The van der Waals surface area contributed by atoms with E-state index in [0.717, 1.165) is 21.4 Å². The predicted molar refractivity (Wildman–Crippen MR) is 102 cm³/mol. The Hall–Kier alpha value is -1.95. The zero-order valence-electron chi connectivity index (χ0n) is 13.3. The maximum absolute atomic E-state index is 13.5. The average Bonchev–Trinajstić information content (AvgIpc) is 2.63. The zero-order chi connectivity index (χ0) is 18.7. The molecule has 0 bridgehead atoms. The number of nitrogens with one attached hydrogen (secondary N) is 1. The van der Waals surface area contributed by atoms with Crippen molar-refractivity contribution < 1.29 is 13.9 Å². The summed E-state index contributed by atoms with van der Waals surface area (Å²) in [6, 6.07) is 15.3. The number of hydrogen-bond donors (Lipinski definition) is 2. The van der Waals surface area contributed by atoms with Gasteiger partial charge in [0, 0.05) is 16.3 Å². The van der Waals surface area contributed by atoms with Crippen LogP contribution in [0, 0.1) is 11.6 Å². The molecule has 0 saturated carbocycles. The lowest BCUT2D eigenvalue weighted by Crippen LogP contribution is -2.02. The molecule has 0 aromatic heterocycles. The summed E-state index contributed by atoms with van der Waals surface area (Å²) in [5.41, 5.74) is 1.05. The normalized spacial score (nSPS) is 10.8. The number of hydrogen-bond acceptors (Lipinski definition) is 3. The van der Waals surface area contributed by atoms with Gasteiger partial charge in [0.2, 0.25) is 5.82 Å². The highest BCUT2D eigenvalue weighted by molar-refractivity contribution is 7.99. The lowest BCUT2D eigenvalue weighted by Gasteiger charge is -2.13. The van der Waals surface area contributed by atoms with E-state index in [1.807, 2.05) is 30.3 Å². The first-order valence-corrected chi connectivity index (χ1v) is 9.14. The van der Waals surface area contributed by atoms with Gasteiger partial charge in [-0.25, -0.2) is 4.39 Å². The van der Waals surface area contributed by atoms with Crippen LogP contribution < -0.4 is 5.32 Å². The molecule has 0 aliphatic rings. The number of benzene rings is 3. The standard InChI is InChI=1S/C19H13Cl2F2NOS/c20-13-6-5-12(9-14(13)21)26-17-4-2-1-3-11(17)10-24-16-8-7-15(22)18(23)19(16)25/h1-9,24-25H,10H2. The van der Waals surface area contributed by atoms with Crippen LogP contribution in [0.3, 0.4) is 0 Å². The number of halogens is 4. The number of phenols is 1. The Balaban J connectivity index is 1.79. The van der Waals surface area contributed by atoms with E-state index < -0.39 is 17.4 Å². The highest BCUT2D eigenvalue weighted by Crippen LogP contribution is 2.35. The van der Waals surface area contributed by atoms with Crippen LogP contribution in [0.4, 0.5) is 14.5 Å². The summed E-state index contributed by atoms with van der Waals surface area (Å²) < 4.78 is 26.6. The van der Waals surface area contributed by atoms with Gasteiger partial charge in [0.15, 0.2) is 11.6 Å². The van der Waals surface area contributed by atoms with Gasteiger partial charge in [-0.05, 0) is 42.0 Å². The second kappa shape index (κ2) is 8.16. The molecule has 0 aliphatic heterocycles.